The average molecular weight is 426 g/mol. The number of aryl methyl sites for hydroxylation is 1. The summed E-state index contributed by atoms with van der Waals surface area (Å²) in [5.74, 6) is 0.0105. The molecular formula is C25H31NO5. The molecule has 1 aliphatic rings. The van der Waals surface area contributed by atoms with Crippen LogP contribution in [0.2, 0.25) is 0 Å². The topological polar surface area (TPSA) is 76.1 Å². The fourth-order valence-corrected chi connectivity index (χ4v) is 3.95. The predicted octanol–water partition coefficient (Wildman–Crippen LogP) is 3.68. The van der Waals surface area contributed by atoms with E-state index >= 15 is 0 Å². The van der Waals surface area contributed by atoms with Crippen LogP contribution in [0.25, 0.3) is 0 Å². The first kappa shape index (κ1) is 22.8. The van der Waals surface area contributed by atoms with Crippen LogP contribution in [-0.2, 0) is 26.2 Å². The summed E-state index contributed by atoms with van der Waals surface area (Å²) in [5.41, 5.74) is 1.51. The number of aliphatic carboxylic acids is 1. The van der Waals surface area contributed by atoms with E-state index in [1.165, 1.54) is 5.56 Å². The second kappa shape index (κ2) is 11.0. The molecule has 3 rings (SSSR count). The molecule has 1 amide bonds. The Kier molecular flexibility index (Phi) is 8.06. The fraction of sp³-hybridized carbons (Fsp3) is 0.440. The Morgan fingerprint density at radius 2 is 1.68 bits per heavy atom. The molecule has 6 nitrogen and oxygen atoms in total. The van der Waals surface area contributed by atoms with Crippen LogP contribution in [0.1, 0.15) is 36.8 Å². The number of hydrogen-bond donors (Lipinski definition) is 1. The number of nitrogens with zero attached hydrogens (tertiary/aromatic N) is 1. The molecule has 1 N–H and O–H groups in total. The van der Waals surface area contributed by atoms with Crippen molar-refractivity contribution >= 4 is 11.9 Å². The van der Waals surface area contributed by atoms with Gasteiger partial charge >= 0.3 is 5.97 Å². The number of carboxylic acid groups (broad SMARTS) is 1. The van der Waals surface area contributed by atoms with Crippen molar-refractivity contribution in [2.45, 2.75) is 37.5 Å². The number of carbonyl (C=O) groups is 2. The Hall–Kier alpha value is -2.86. The minimum atomic E-state index is -0.802. The summed E-state index contributed by atoms with van der Waals surface area (Å²) < 4.78 is 10.7. The number of ether oxygens (including phenoxy) is 2. The first-order valence-corrected chi connectivity index (χ1v) is 10.8. The molecule has 1 saturated heterocycles. The normalized spacial score (nSPS) is 14.5. The van der Waals surface area contributed by atoms with E-state index in [1.807, 2.05) is 47.4 Å². The smallest absolute Gasteiger partial charge is 0.303 e. The number of carboxylic acids is 1. The van der Waals surface area contributed by atoms with Crippen molar-refractivity contribution < 1.29 is 24.2 Å². The summed E-state index contributed by atoms with van der Waals surface area (Å²) in [6.45, 7) is 1.92. The monoisotopic (exact) mass is 425 g/mol. The van der Waals surface area contributed by atoms with E-state index in [4.69, 9.17) is 14.6 Å². The zero-order valence-corrected chi connectivity index (χ0v) is 18.1. The zero-order chi connectivity index (χ0) is 22.1. The van der Waals surface area contributed by atoms with E-state index in [2.05, 4.69) is 12.1 Å². The number of amides is 1. The third-order valence-electron chi connectivity index (χ3n) is 5.84. The summed E-state index contributed by atoms with van der Waals surface area (Å²) in [5, 5.41) is 8.92. The standard InChI is InChI=1S/C25H31NO5/c1-30-22-14-12-21(13-15-22)25(18-31-19-25)24(29)26(16-6-5-11-23(27)28)17-7-10-20-8-3-2-4-9-20/h2-4,8-9,12-15H,5-7,10-11,16-19H2,1H3,(H,27,28). The molecule has 0 aliphatic carbocycles. The molecule has 166 valence electrons. The first-order valence-electron chi connectivity index (χ1n) is 10.8. The molecule has 0 spiro atoms. The third-order valence-corrected chi connectivity index (χ3v) is 5.84. The molecule has 1 heterocycles. The van der Waals surface area contributed by atoms with Crippen LogP contribution in [0, 0.1) is 0 Å². The van der Waals surface area contributed by atoms with Crippen LogP contribution in [0.5, 0.6) is 5.75 Å². The molecule has 1 aliphatic heterocycles. The van der Waals surface area contributed by atoms with Crippen molar-refractivity contribution in [2.75, 3.05) is 33.4 Å². The summed E-state index contributed by atoms with van der Waals surface area (Å²) in [6.07, 6.45) is 3.10. The number of methoxy groups -OCH3 is 1. The lowest BCUT2D eigenvalue weighted by Crippen LogP contribution is -2.59. The molecule has 0 saturated carbocycles. The molecule has 2 aromatic rings. The highest BCUT2D eigenvalue weighted by Gasteiger charge is 2.49. The van der Waals surface area contributed by atoms with Crippen molar-refractivity contribution in [2.24, 2.45) is 0 Å². The molecule has 1 fully saturated rings. The zero-order valence-electron chi connectivity index (χ0n) is 18.1. The second-order valence-electron chi connectivity index (χ2n) is 8.04. The maximum atomic E-state index is 13.7. The second-order valence-corrected chi connectivity index (χ2v) is 8.04. The average Bonchev–Trinajstić information content (AvgIpc) is 2.75. The van der Waals surface area contributed by atoms with Gasteiger partial charge in [-0.3, -0.25) is 9.59 Å². The van der Waals surface area contributed by atoms with E-state index in [0.717, 1.165) is 24.2 Å². The lowest BCUT2D eigenvalue weighted by molar-refractivity contribution is -0.156. The lowest BCUT2D eigenvalue weighted by Gasteiger charge is -2.43. The third kappa shape index (κ3) is 5.85. The predicted molar refractivity (Wildman–Crippen MR) is 118 cm³/mol. The fourth-order valence-electron chi connectivity index (χ4n) is 3.95. The van der Waals surface area contributed by atoms with Gasteiger partial charge in [-0.2, -0.15) is 0 Å². The molecule has 0 aromatic heterocycles. The molecule has 0 unspecified atom stereocenters. The number of carbonyl (C=O) groups excluding carboxylic acids is 1. The van der Waals surface area contributed by atoms with Crippen molar-refractivity contribution in [1.82, 2.24) is 4.90 Å². The molecule has 6 heteroatoms. The molecule has 0 atom stereocenters. The van der Waals surface area contributed by atoms with Crippen molar-refractivity contribution in [3.05, 3.63) is 65.7 Å². The largest absolute Gasteiger partial charge is 0.497 e. The maximum Gasteiger partial charge on any atom is 0.303 e. The van der Waals surface area contributed by atoms with Gasteiger partial charge in [-0.15, -0.1) is 0 Å². The Labute approximate surface area is 183 Å². The first-order chi connectivity index (χ1) is 15.0. The summed E-state index contributed by atoms with van der Waals surface area (Å²) in [7, 11) is 1.62. The molecule has 2 aromatic carbocycles. The molecule has 0 bridgehead atoms. The quantitative estimate of drug-likeness (QED) is 0.525. The highest BCUT2D eigenvalue weighted by Crippen LogP contribution is 2.35. The Balaban J connectivity index is 1.70. The van der Waals surface area contributed by atoms with Gasteiger partial charge in [-0.05, 0) is 48.9 Å². The van der Waals surface area contributed by atoms with Gasteiger partial charge in [0.05, 0.1) is 20.3 Å². The molecular weight excluding hydrogens is 394 g/mol. The maximum absolute atomic E-state index is 13.7. The van der Waals surface area contributed by atoms with E-state index in [9.17, 15) is 9.59 Å². The van der Waals surface area contributed by atoms with Crippen LogP contribution < -0.4 is 4.74 Å². The van der Waals surface area contributed by atoms with Crippen LogP contribution in [-0.4, -0.2) is 55.3 Å². The SMILES string of the molecule is COc1ccc(C2(C(=O)N(CCCCC(=O)O)CCCc3ccccc3)COC2)cc1. The van der Waals surface area contributed by atoms with Gasteiger partial charge in [0.25, 0.3) is 0 Å². The molecule has 31 heavy (non-hydrogen) atoms. The lowest BCUT2D eigenvalue weighted by atomic mass is 9.77. The van der Waals surface area contributed by atoms with Gasteiger partial charge in [-0.1, -0.05) is 42.5 Å². The van der Waals surface area contributed by atoms with E-state index in [-0.39, 0.29) is 12.3 Å². The highest BCUT2D eigenvalue weighted by atomic mass is 16.5. The van der Waals surface area contributed by atoms with Crippen LogP contribution in [0.3, 0.4) is 0 Å². The summed E-state index contributed by atoms with van der Waals surface area (Å²) in [6, 6.07) is 17.8. The van der Waals surface area contributed by atoms with Gasteiger partial charge in [0.2, 0.25) is 5.91 Å². The highest BCUT2D eigenvalue weighted by molar-refractivity contribution is 5.89. The van der Waals surface area contributed by atoms with Gasteiger partial charge in [0.1, 0.15) is 11.2 Å². The van der Waals surface area contributed by atoms with E-state index < -0.39 is 11.4 Å². The van der Waals surface area contributed by atoms with E-state index in [1.54, 1.807) is 7.11 Å². The van der Waals surface area contributed by atoms with Crippen molar-refractivity contribution in [3.8, 4) is 5.75 Å². The summed E-state index contributed by atoms with van der Waals surface area (Å²) >= 11 is 0. The number of benzene rings is 2. The Morgan fingerprint density at radius 1 is 1.00 bits per heavy atom. The van der Waals surface area contributed by atoms with Crippen molar-refractivity contribution in [3.63, 3.8) is 0 Å². The Bertz CT molecular complexity index is 846. The van der Waals surface area contributed by atoms with Gasteiger partial charge in [-0.25, -0.2) is 0 Å². The van der Waals surface area contributed by atoms with Crippen LogP contribution in [0.15, 0.2) is 54.6 Å². The number of rotatable bonds is 12. The minimum absolute atomic E-state index is 0.0623. The summed E-state index contributed by atoms with van der Waals surface area (Å²) in [4.78, 5) is 26.4. The molecule has 0 radical (unpaired) electrons. The van der Waals surface area contributed by atoms with Crippen molar-refractivity contribution in [1.29, 1.82) is 0 Å². The van der Waals surface area contributed by atoms with Gasteiger partial charge in [0, 0.05) is 19.5 Å². The Morgan fingerprint density at radius 3 is 2.26 bits per heavy atom. The van der Waals surface area contributed by atoms with E-state index in [0.29, 0.717) is 39.1 Å². The van der Waals surface area contributed by atoms with Gasteiger partial charge in [0.15, 0.2) is 0 Å². The van der Waals surface area contributed by atoms with Crippen LogP contribution in [0.4, 0.5) is 0 Å². The van der Waals surface area contributed by atoms with Gasteiger partial charge < -0.3 is 19.5 Å². The minimum Gasteiger partial charge on any atom is -0.497 e. The van der Waals surface area contributed by atoms with Crippen LogP contribution >= 0.6 is 0 Å². The number of unbranched alkanes of at least 4 members (excludes halogenated alkanes) is 1. The number of hydrogen-bond acceptors (Lipinski definition) is 4.